The van der Waals surface area contributed by atoms with Gasteiger partial charge in [0, 0.05) is 38.4 Å². The highest BCUT2D eigenvalue weighted by Crippen LogP contribution is 2.47. The number of Topliss-reactive ketones (excluding diaryl/α,β-unsaturated/α-hetero) is 1. The van der Waals surface area contributed by atoms with Crippen LogP contribution in [-0.4, -0.2) is 34.1 Å². The summed E-state index contributed by atoms with van der Waals surface area (Å²) in [6.45, 7) is 3.32. The molecule has 1 aromatic carbocycles. The Morgan fingerprint density at radius 2 is 1.93 bits per heavy atom. The van der Waals surface area contributed by atoms with E-state index in [9.17, 15) is 9.90 Å². The minimum atomic E-state index is -0.172. The largest absolute Gasteiger partial charge is 0.512 e. The number of halogens is 1. The standard InChI is InChI=1S/C22H23BrN2O4/c1-2-14-3-4-16(29-21-24-12-15(23)13-25-21)9-17(14)20-18(26)10-22(11-19(20)27)5-7-28-8-6-22/h3-4,9,12-13,26H,2,5-8,10-11H2,1H3. The van der Waals surface area contributed by atoms with Crippen LogP contribution in [-0.2, 0) is 16.0 Å². The van der Waals surface area contributed by atoms with E-state index in [2.05, 4.69) is 25.9 Å². The molecular weight excluding hydrogens is 436 g/mol. The Balaban J connectivity index is 1.68. The fourth-order valence-electron chi connectivity index (χ4n) is 4.18. The molecule has 29 heavy (non-hydrogen) atoms. The molecule has 0 radical (unpaired) electrons. The zero-order valence-corrected chi connectivity index (χ0v) is 17.9. The van der Waals surface area contributed by atoms with E-state index in [-0.39, 0.29) is 23.0 Å². The third-order valence-corrected chi connectivity index (χ3v) is 6.15. The lowest BCUT2D eigenvalue weighted by atomic mass is 9.67. The van der Waals surface area contributed by atoms with Crippen molar-refractivity contribution in [2.75, 3.05) is 13.2 Å². The van der Waals surface area contributed by atoms with Gasteiger partial charge in [-0.1, -0.05) is 13.0 Å². The Morgan fingerprint density at radius 3 is 2.59 bits per heavy atom. The number of aryl methyl sites for hydroxylation is 1. The summed E-state index contributed by atoms with van der Waals surface area (Å²) in [7, 11) is 0. The van der Waals surface area contributed by atoms with E-state index < -0.39 is 0 Å². The molecule has 1 aliphatic heterocycles. The molecule has 1 spiro atoms. The highest BCUT2D eigenvalue weighted by Gasteiger charge is 2.41. The summed E-state index contributed by atoms with van der Waals surface area (Å²) >= 11 is 3.30. The van der Waals surface area contributed by atoms with Crippen LogP contribution in [0.5, 0.6) is 11.8 Å². The van der Waals surface area contributed by atoms with Crippen molar-refractivity contribution in [2.24, 2.45) is 5.41 Å². The normalized spacial score (nSPS) is 18.9. The fraction of sp³-hybridized carbons (Fsp3) is 0.409. The Hall–Kier alpha value is -2.25. The van der Waals surface area contributed by atoms with Gasteiger partial charge in [0.25, 0.3) is 0 Å². The summed E-state index contributed by atoms with van der Waals surface area (Å²) in [6, 6.07) is 5.78. The number of allylic oxidation sites excluding steroid dienone is 2. The van der Waals surface area contributed by atoms with E-state index in [0.717, 1.165) is 34.9 Å². The van der Waals surface area contributed by atoms with E-state index in [1.54, 1.807) is 18.5 Å². The van der Waals surface area contributed by atoms with E-state index in [0.29, 0.717) is 37.4 Å². The molecule has 6 nitrogen and oxygen atoms in total. The molecule has 7 heteroatoms. The summed E-state index contributed by atoms with van der Waals surface area (Å²) in [5.41, 5.74) is 1.97. The molecule has 4 rings (SSSR count). The van der Waals surface area contributed by atoms with Crippen molar-refractivity contribution >= 4 is 27.3 Å². The topological polar surface area (TPSA) is 81.5 Å². The SMILES string of the molecule is CCc1ccc(Oc2ncc(Br)cn2)cc1C1=C(O)CC2(CCOCC2)CC1=O. The highest BCUT2D eigenvalue weighted by atomic mass is 79.9. The van der Waals surface area contributed by atoms with Crippen molar-refractivity contribution < 1.29 is 19.4 Å². The molecule has 1 fully saturated rings. The molecule has 1 N–H and O–H groups in total. The predicted octanol–water partition coefficient (Wildman–Crippen LogP) is 5.02. The molecule has 0 atom stereocenters. The number of aliphatic hydroxyl groups excluding tert-OH is 1. The molecular formula is C22H23BrN2O4. The summed E-state index contributed by atoms with van der Waals surface area (Å²) in [5.74, 6) is 0.691. The molecule has 0 unspecified atom stereocenters. The number of benzene rings is 1. The first kappa shape index (κ1) is 20.0. The summed E-state index contributed by atoms with van der Waals surface area (Å²) in [6.07, 6.45) is 6.53. The Morgan fingerprint density at radius 1 is 1.21 bits per heavy atom. The Kier molecular flexibility index (Phi) is 5.69. The number of ketones is 1. The van der Waals surface area contributed by atoms with Crippen LogP contribution >= 0.6 is 15.9 Å². The molecule has 1 aromatic heterocycles. The lowest BCUT2D eigenvalue weighted by Gasteiger charge is -2.39. The van der Waals surface area contributed by atoms with Crippen LogP contribution in [0.2, 0.25) is 0 Å². The predicted molar refractivity (Wildman–Crippen MR) is 112 cm³/mol. The van der Waals surface area contributed by atoms with Gasteiger partial charge in [0.05, 0.1) is 10.0 Å². The van der Waals surface area contributed by atoms with Gasteiger partial charge in [0.1, 0.15) is 11.5 Å². The molecule has 2 aliphatic rings. The average molecular weight is 459 g/mol. The third kappa shape index (κ3) is 4.21. The molecule has 0 amide bonds. The van der Waals surface area contributed by atoms with E-state index in [1.165, 1.54) is 0 Å². The van der Waals surface area contributed by atoms with E-state index in [4.69, 9.17) is 9.47 Å². The number of ether oxygens (including phenoxy) is 2. The molecule has 0 saturated carbocycles. The number of hydrogen-bond acceptors (Lipinski definition) is 6. The van der Waals surface area contributed by atoms with Gasteiger partial charge in [-0.05, 0) is 63.9 Å². The molecule has 2 aromatic rings. The average Bonchev–Trinajstić information content (AvgIpc) is 2.70. The van der Waals surface area contributed by atoms with Gasteiger partial charge >= 0.3 is 6.01 Å². The lowest BCUT2D eigenvalue weighted by molar-refractivity contribution is -0.118. The Labute approximate surface area is 178 Å². The van der Waals surface area contributed by atoms with Gasteiger partial charge < -0.3 is 14.6 Å². The maximum Gasteiger partial charge on any atom is 0.321 e. The van der Waals surface area contributed by atoms with Crippen LogP contribution in [0.1, 0.15) is 43.7 Å². The minimum Gasteiger partial charge on any atom is -0.512 e. The summed E-state index contributed by atoms with van der Waals surface area (Å²) < 4.78 is 12.0. The van der Waals surface area contributed by atoms with Crippen LogP contribution < -0.4 is 4.74 Å². The van der Waals surface area contributed by atoms with E-state index in [1.807, 2.05) is 19.1 Å². The fourth-order valence-corrected chi connectivity index (χ4v) is 4.38. The van der Waals surface area contributed by atoms with Crippen LogP contribution in [0.4, 0.5) is 0 Å². The molecule has 1 aliphatic carbocycles. The van der Waals surface area contributed by atoms with Crippen molar-refractivity contribution in [3.63, 3.8) is 0 Å². The monoisotopic (exact) mass is 458 g/mol. The lowest BCUT2D eigenvalue weighted by Crippen LogP contribution is -2.36. The van der Waals surface area contributed by atoms with Gasteiger partial charge in [0.15, 0.2) is 5.78 Å². The molecule has 152 valence electrons. The van der Waals surface area contributed by atoms with Crippen LogP contribution in [0, 0.1) is 5.41 Å². The van der Waals surface area contributed by atoms with E-state index >= 15 is 0 Å². The van der Waals surface area contributed by atoms with Crippen molar-refractivity contribution in [1.29, 1.82) is 0 Å². The van der Waals surface area contributed by atoms with Crippen molar-refractivity contribution in [2.45, 2.75) is 39.0 Å². The smallest absolute Gasteiger partial charge is 0.321 e. The quantitative estimate of drug-likeness (QED) is 0.692. The summed E-state index contributed by atoms with van der Waals surface area (Å²) in [4.78, 5) is 21.4. The number of carbonyl (C=O) groups excluding carboxylic acids is 1. The second kappa shape index (κ2) is 8.24. The number of aliphatic hydroxyl groups is 1. The second-order valence-electron chi connectivity index (χ2n) is 7.67. The van der Waals surface area contributed by atoms with Crippen LogP contribution in [0.3, 0.4) is 0 Å². The minimum absolute atomic E-state index is 0.0117. The van der Waals surface area contributed by atoms with Gasteiger partial charge in [-0.2, -0.15) is 0 Å². The van der Waals surface area contributed by atoms with Gasteiger partial charge in [-0.25, -0.2) is 9.97 Å². The van der Waals surface area contributed by atoms with Gasteiger partial charge in [0.2, 0.25) is 0 Å². The molecule has 1 saturated heterocycles. The first-order valence-corrected chi connectivity index (χ1v) is 10.6. The summed E-state index contributed by atoms with van der Waals surface area (Å²) in [5, 5.41) is 10.9. The molecule has 0 bridgehead atoms. The van der Waals surface area contributed by atoms with Crippen molar-refractivity contribution in [3.8, 4) is 11.8 Å². The first-order chi connectivity index (χ1) is 14.0. The van der Waals surface area contributed by atoms with Crippen molar-refractivity contribution in [1.82, 2.24) is 9.97 Å². The number of nitrogens with zero attached hydrogens (tertiary/aromatic N) is 2. The van der Waals surface area contributed by atoms with Crippen LogP contribution in [0.15, 0.2) is 40.8 Å². The zero-order chi connectivity index (χ0) is 20.4. The molecule has 2 heterocycles. The number of carbonyl (C=O) groups is 1. The zero-order valence-electron chi connectivity index (χ0n) is 16.3. The second-order valence-corrected chi connectivity index (χ2v) is 8.58. The maximum atomic E-state index is 13.1. The van der Waals surface area contributed by atoms with Crippen LogP contribution in [0.25, 0.3) is 5.57 Å². The Bertz CT molecular complexity index is 950. The maximum absolute atomic E-state index is 13.1. The van der Waals surface area contributed by atoms with Crippen molar-refractivity contribution in [3.05, 3.63) is 52.0 Å². The van der Waals surface area contributed by atoms with Gasteiger partial charge in [-0.3, -0.25) is 4.79 Å². The third-order valence-electron chi connectivity index (χ3n) is 5.74. The van der Waals surface area contributed by atoms with Gasteiger partial charge in [-0.15, -0.1) is 0 Å². The highest BCUT2D eigenvalue weighted by molar-refractivity contribution is 9.10. The number of rotatable bonds is 4. The first-order valence-electron chi connectivity index (χ1n) is 9.81. The number of aromatic nitrogens is 2. The number of hydrogen-bond donors (Lipinski definition) is 1.